The SMILES string of the molecule is O=C([O-])c1ccc(N2C(=O)c3cccc4cc(Br)cc(c34)C2=O)cc1. The molecule has 0 N–H and O–H groups in total. The van der Waals surface area contributed by atoms with E-state index in [9.17, 15) is 19.5 Å². The number of carboxylic acid groups (broad SMARTS) is 1. The highest BCUT2D eigenvalue weighted by Crippen LogP contribution is 2.34. The van der Waals surface area contributed by atoms with E-state index in [0.717, 1.165) is 14.8 Å². The Morgan fingerprint density at radius 3 is 2.28 bits per heavy atom. The van der Waals surface area contributed by atoms with Crippen LogP contribution in [0.1, 0.15) is 31.1 Å². The molecule has 3 aromatic carbocycles. The minimum Gasteiger partial charge on any atom is -0.545 e. The van der Waals surface area contributed by atoms with Crippen LogP contribution in [0.2, 0.25) is 0 Å². The van der Waals surface area contributed by atoms with Crippen LogP contribution < -0.4 is 10.0 Å². The lowest BCUT2D eigenvalue weighted by Crippen LogP contribution is -2.40. The molecule has 0 fully saturated rings. The zero-order chi connectivity index (χ0) is 17.7. The second kappa shape index (κ2) is 5.53. The predicted molar refractivity (Wildman–Crippen MR) is 93.6 cm³/mol. The number of amides is 2. The summed E-state index contributed by atoms with van der Waals surface area (Å²) in [6, 6.07) is 14.3. The summed E-state index contributed by atoms with van der Waals surface area (Å²) in [5, 5.41) is 12.3. The molecule has 5 nitrogen and oxygen atoms in total. The quantitative estimate of drug-likeness (QED) is 0.626. The maximum absolute atomic E-state index is 12.9. The Balaban J connectivity index is 1.91. The van der Waals surface area contributed by atoms with Gasteiger partial charge in [-0.2, -0.15) is 0 Å². The lowest BCUT2D eigenvalue weighted by atomic mass is 9.93. The second-order valence-corrected chi connectivity index (χ2v) is 6.55. The number of carbonyl (C=O) groups excluding carboxylic acids is 3. The number of imide groups is 1. The van der Waals surface area contributed by atoms with Crippen LogP contribution in [0.4, 0.5) is 5.69 Å². The Hall–Kier alpha value is -2.99. The molecule has 0 unspecified atom stereocenters. The van der Waals surface area contributed by atoms with Crippen LogP contribution in [0, 0.1) is 0 Å². The third-order valence-electron chi connectivity index (χ3n) is 4.17. The van der Waals surface area contributed by atoms with Crippen molar-refractivity contribution in [3.63, 3.8) is 0 Å². The Labute approximate surface area is 150 Å². The molecular formula is C19H9BrNO4-. The number of hydrogen-bond donors (Lipinski definition) is 0. The van der Waals surface area contributed by atoms with Gasteiger partial charge in [0, 0.05) is 15.4 Å². The van der Waals surface area contributed by atoms with Crippen LogP contribution in [0.3, 0.4) is 0 Å². The molecule has 6 heteroatoms. The molecule has 0 saturated heterocycles. The Morgan fingerprint density at radius 2 is 1.60 bits per heavy atom. The van der Waals surface area contributed by atoms with Crippen LogP contribution in [0.15, 0.2) is 59.1 Å². The fraction of sp³-hybridized carbons (Fsp3) is 0. The van der Waals surface area contributed by atoms with Gasteiger partial charge in [0.1, 0.15) is 0 Å². The van der Waals surface area contributed by atoms with Crippen molar-refractivity contribution in [2.75, 3.05) is 4.90 Å². The number of rotatable bonds is 2. The van der Waals surface area contributed by atoms with E-state index in [0.29, 0.717) is 22.2 Å². The van der Waals surface area contributed by atoms with E-state index in [2.05, 4.69) is 15.9 Å². The fourth-order valence-electron chi connectivity index (χ4n) is 3.05. The maximum Gasteiger partial charge on any atom is 0.266 e. The summed E-state index contributed by atoms with van der Waals surface area (Å²) in [4.78, 5) is 37.8. The summed E-state index contributed by atoms with van der Waals surface area (Å²) < 4.78 is 0.738. The van der Waals surface area contributed by atoms with Crippen molar-refractivity contribution in [2.24, 2.45) is 0 Å². The Morgan fingerprint density at radius 1 is 0.920 bits per heavy atom. The molecule has 0 bridgehead atoms. The van der Waals surface area contributed by atoms with E-state index in [1.807, 2.05) is 12.1 Å². The number of hydrogen-bond acceptors (Lipinski definition) is 4. The summed E-state index contributed by atoms with van der Waals surface area (Å²) in [5.74, 6) is -2.20. The zero-order valence-corrected chi connectivity index (χ0v) is 14.2. The van der Waals surface area contributed by atoms with Gasteiger partial charge in [0.05, 0.1) is 17.2 Å². The molecule has 1 aliphatic rings. The minimum absolute atomic E-state index is 0.0223. The van der Waals surface area contributed by atoms with Gasteiger partial charge >= 0.3 is 0 Å². The normalized spacial score (nSPS) is 13.4. The largest absolute Gasteiger partial charge is 0.545 e. The van der Waals surface area contributed by atoms with Crippen LogP contribution >= 0.6 is 15.9 Å². The van der Waals surface area contributed by atoms with Crippen LogP contribution in [0.5, 0.6) is 0 Å². The molecular weight excluding hydrogens is 386 g/mol. The van der Waals surface area contributed by atoms with Crippen molar-refractivity contribution in [2.45, 2.75) is 0 Å². The van der Waals surface area contributed by atoms with Crippen molar-refractivity contribution in [3.8, 4) is 0 Å². The molecule has 4 rings (SSSR count). The van der Waals surface area contributed by atoms with Gasteiger partial charge in [-0.05, 0) is 41.3 Å². The summed E-state index contributed by atoms with van der Waals surface area (Å²) in [6.45, 7) is 0. The van der Waals surface area contributed by atoms with Crippen molar-refractivity contribution in [3.05, 3.63) is 75.8 Å². The first-order chi connectivity index (χ1) is 12.0. The maximum atomic E-state index is 12.9. The number of anilines is 1. The number of aromatic carboxylic acids is 1. The lowest BCUT2D eigenvalue weighted by molar-refractivity contribution is -0.255. The van der Waals surface area contributed by atoms with E-state index < -0.39 is 17.8 Å². The van der Waals surface area contributed by atoms with Gasteiger partial charge in [-0.3, -0.25) is 9.59 Å². The van der Waals surface area contributed by atoms with Gasteiger partial charge in [0.25, 0.3) is 11.8 Å². The fourth-order valence-corrected chi connectivity index (χ4v) is 3.53. The van der Waals surface area contributed by atoms with Crippen molar-refractivity contribution < 1.29 is 19.5 Å². The van der Waals surface area contributed by atoms with E-state index in [-0.39, 0.29) is 5.56 Å². The van der Waals surface area contributed by atoms with E-state index in [1.54, 1.807) is 18.2 Å². The number of benzene rings is 3. The molecule has 0 aliphatic carbocycles. The van der Waals surface area contributed by atoms with Gasteiger partial charge in [-0.1, -0.05) is 40.2 Å². The summed E-state index contributed by atoms with van der Waals surface area (Å²) in [5.41, 5.74) is 1.14. The smallest absolute Gasteiger partial charge is 0.266 e. The third-order valence-corrected chi connectivity index (χ3v) is 4.63. The van der Waals surface area contributed by atoms with E-state index in [1.165, 1.54) is 24.3 Å². The zero-order valence-electron chi connectivity index (χ0n) is 12.7. The predicted octanol–water partition coefficient (Wildman–Crippen LogP) is 2.77. The molecule has 0 radical (unpaired) electrons. The second-order valence-electron chi connectivity index (χ2n) is 5.64. The van der Waals surface area contributed by atoms with Crippen molar-refractivity contribution in [1.82, 2.24) is 0 Å². The highest BCUT2D eigenvalue weighted by molar-refractivity contribution is 9.10. The molecule has 0 aromatic heterocycles. The topological polar surface area (TPSA) is 77.5 Å². The number of halogens is 1. The van der Waals surface area contributed by atoms with Gasteiger partial charge in [0.2, 0.25) is 0 Å². The average Bonchev–Trinajstić information content (AvgIpc) is 2.59. The van der Waals surface area contributed by atoms with Gasteiger partial charge in [0.15, 0.2) is 0 Å². The van der Waals surface area contributed by atoms with Gasteiger partial charge < -0.3 is 9.90 Å². The van der Waals surface area contributed by atoms with Crippen molar-refractivity contribution in [1.29, 1.82) is 0 Å². The highest BCUT2D eigenvalue weighted by atomic mass is 79.9. The standard InChI is InChI=1S/C19H10BrNO4/c20-12-8-11-2-1-3-14-16(11)15(9-12)18(23)21(17(14)22)13-6-4-10(5-7-13)19(24)25/h1-9H,(H,24,25)/p-1. The lowest BCUT2D eigenvalue weighted by Gasteiger charge is -2.27. The van der Waals surface area contributed by atoms with Gasteiger partial charge in [-0.25, -0.2) is 4.90 Å². The van der Waals surface area contributed by atoms with Crippen LogP contribution in [-0.2, 0) is 0 Å². The van der Waals surface area contributed by atoms with Crippen molar-refractivity contribution >= 4 is 50.2 Å². The number of carboxylic acids is 1. The van der Waals surface area contributed by atoms with E-state index in [4.69, 9.17) is 0 Å². The Kier molecular flexibility index (Phi) is 3.43. The molecule has 0 spiro atoms. The van der Waals surface area contributed by atoms with Gasteiger partial charge in [-0.15, -0.1) is 0 Å². The summed E-state index contributed by atoms with van der Waals surface area (Å²) >= 11 is 3.39. The molecule has 122 valence electrons. The third kappa shape index (κ3) is 2.34. The Bertz CT molecular complexity index is 1070. The molecule has 2 amide bonds. The monoisotopic (exact) mass is 394 g/mol. The minimum atomic E-state index is -1.32. The molecule has 0 atom stereocenters. The number of nitrogens with zero attached hydrogens (tertiary/aromatic N) is 1. The first-order valence-electron chi connectivity index (χ1n) is 7.40. The van der Waals surface area contributed by atoms with Crippen LogP contribution in [0.25, 0.3) is 10.8 Å². The summed E-state index contributed by atoms with van der Waals surface area (Å²) in [6.07, 6.45) is 0. The highest BCUT2D eigenvalue weighted by Gasteiger charge is 2.34. The average molecular weight is 395 g/mol. The number of carbonyl (C=O) groups is 3. The molecule has 3 aromatic rings. The molecule has 1 heterocycles. The molecule has 1 aliphatic heterocycles. The first kappa shape index (κ1) is 15.5. The van der Waals surface area contributed by atoms with E-state index >= 15 is 0 Å². The molecule has 0 saturated carbocycles. The summed E-state index contributed by atoms with van der Waals surface area (Å²) in [7, 11) is 0. The molecule has 25 heavy (non-hydrogen) atoms. The first-order valence-corrected chi connectivity index (χ1v) is 8.19. The van der Waals surface area contributed by atoms with Crippen LogP contribution in [-0.4, -0.2) is 17.8 Å².